The molecule has 1 amide bonds. The summed E-state index contributed by atoms with van der Waals surface area (Å²) >= 11 is 5.94. The van der Waals surface area contributed by atoms with Crippen LogP contribution >= 0.6 is 11.6 Å². The van der Waals surface area contributed by atoms with Gasteiger partial charge in [-0.2, -0.15) is 0 Å². The summed E-state index contributed by atoms with van der Waals surface area (Å²) in [5.41, 5.74) is 1.25. The molecule has 1 aliphatic rings. The molecule has 0 N–H and O–H groups in total. The number of carbonyl (C=O) groups is 2. The molecule has 0 aliphatic heterocycles. The topological polar surface area (TPSA) is 81.6 Å². The number of pyridine rings is 2. The van der Waals surface area contributed by atoms with E-state index in [1.54, 1.807) is 74.1 Å². The Kier molecular flexibility index (Phi) is 8.32. The highest BCUT2D eigenvalue weighted by Gasteiger charge is 2.36. The van der Waals surface area contributed by atoms with Gasteiger partial charge in [0.05, 0.1) is 13.7 Å². The number of halogens is 1. The van der Waals surface area contributed by atoms with Crippen LogP contribution in [0.4, 0.5) is 5.82 Å². The van der Waals surface area contributed by atoms with Gasteiger partial charge < -0.3 is 9.47 Å². The summed E-state index contributed by atoms with van der Waals surface area (Å²) < 4.78 is 11.2. The van der Waals surface area contributed by atoms with Crippen molar-refractivity contribution in [1.82, 2.24) is 9.97 Å². The van der Waals surface area contributed by atoms with Gasteiger partial charge in [0.1, 0.15) is 22.8 Å². The van der Waals surface area contributed by atoms with E-state index >= 15 is 0 Å². The smallest absolute Gasteiger partial charge is 0.323 e. The maximum Gasteiger partial charge on any atom is 0.323 e. The van der Waals surface area contributed by atoms with Crippen LogP contribution in [0, 0.1) is 0 Å². The molecular weight excluding hydrogens is 466 g/mol. The largest absolute Gasteiger partial charge is 0.497 e. The number of amides is 1. The summed E-state index contributed by atoms with van der Waals surface area (Å²) in [6, 6.07) is 15.7. The number of rotatable bonds is 8. The van der Waals surface area contributed by atoms with E-state index in [2.05, 4.69) is 9.97 Å². The van der Waals surface area contributed by atoms with Crippen molar-refractivity contribution < 1.29 is 19.1 Å². The number of carbonyl (C=O) groups excluding carboxylic acids is 2. The average Bonchev–Trinajstić information content (AvgIpc) is 2.89. The fraction of sp³-hybridized carbons (Fsp3) is 0.333. The predicted octanol–water partition coefficient (Wildman–Crippen LogP) is 5.33. The molecule has 0 spiro atoms. The van der Waals surface area contributed by atoms with Gasteiger partial charge >= 0.3 is 5.97 Å². The summed E-state index contributed by atoms with van der Waals surface area (Å²) in [7, 11) is 1.55. The fourth-order valence-corrected chi connectivity index (χ4v) is 4.35. The first-order valence-electron chi connectivity index (χ1n) is 11.7. The molecule has 7 nitrogen and oxygen atoms in total. The zero-order chi connectivity index (χ0) is 24.6. The summed E-state index contributed by atoms with van der Waals surface area (Å²) in [6.45, 7) is 0.164. The number of aromatic nitrogens is 2. The van der Waals surface area contributed by atoms with Gasteiger partial charge in [-0.05, 0) is 67.1 Å². The monoisotopic (exact) mass is 493 g/mol. The number of esters is 1. The average molecular weight is 494 g/mol. The molecule has 35 heavy (non-hydrogen) atoms. The Morgan fingerprint density at radius 3 is 2.57 bits per heavy atom. The van der Waals surface area contributed by atoms with E-state index in [0.29, 0.717) is 22.3 Å². The SMILES string of the molecule is COc1cccc(C(C(=O)OC2CCCCC2)C(=O)N(Cc2ccc(Cl)nc2)c2ccccn2)c1. The Labute approximate surface area is 210 Å². The Hall–Kier alpha value is -3.45. The zero-order valence-electron chi connectivity index (χ0n) is 19.6. The minimum absolute atomic E-state index is 0.164. The molecule has 8 heteroatoms. The third-order valence-corrected chi connectivity index (χ3v) is 6.29. The van der Waals surface area contributed by atoms with Gasteiger partial charge in [0.15, 0.2) is 5.92 Å². The molecule has 2 heterocycles. The molecular formula is C27H28ClN3O4. The molecule has 0 radical (unpaired) electrons. The molecule has 2 aromatic heterocycles. The minimum atomic E-state index is -1.17. The van der Waals surface area contributed by atoms with E-state index in [1.807, 2.05) is 0 Å². The van der Waals surface area contributed by atoms with Crippen molar-refractivity contribution in [2.45, 2.75) is 50.7 Å². The first-order chi connectivity index (χ1) is 17.0. The Balaban J connectivity index is 1.70. The van der Waals surface area contributed by atoms with Crippen LogP contribution in [0.25, 0.3) is 0 Å². The van der Waals surface area contributed by atoms with Crippen molar-refractivity contribution in [3.63, 3.8) is 0 Å². The van der Waals surface area contributed by atoms with Crippen LogP contribution < -0.4 is 9.64 Å². The molecule has 182 valence electrons. The second kappa shape index (κ2) is 11.8. The summed E-state index contributed by atoms with van der Waals surface area (Å²) in [5, 5.41) is 0.356. The summed E-state index contributed by atoms with van der Waals surface area (Å²) in [4.78, 5) is 37.6. The standard InChI is InChI=1S/C27H28ClN3O4/c1-34-22-11-7-8-20(16-22)25(27(33)35-21-9-3-2-4-10-21)26(32)31(24-12-5-6-15-29-24)18-19-13-14-23(28)30-17-19/h5-8,11-17,21,25H,2-4,9-10,18H2,1H3. The number of ether oxygens (including phenoxy) is 2. The van der Waals surface area contributed by atoms with E-state index < -0.39 is 17.8 Å². The molecule has 1 atom stereocenters. The van der Waals surface area contributed by atoms with Gasteiger partial charge in [0.2, 0.25) is 5.91 Å². The number of nitrogens with zero attached hydrogens (tertiary/aromatic N) is 3. The van der Waals surface area contributed by atoms with Crippen LogP contribution in [0.5, 0.6) is 5.75 Å². The van der Waals surface area contributed by atoms with E-state index in [4.69, 9.17) is 21.1 Å². The lowest BCUT2D eigenvalue weighted by atomic mass is 9.95. The zero-order valence-corrected chi connectivity index (χ0v) is 20.4. The lowest BCUT2D eigenvalue weighted by molar-refractivity contribution is -0.154. The van der Waals surface area contributed by atoms with Crippen LogP contribution in [0.15, 0.2) is 67.0 Å². The van der Waals surface area contributed by atoms with Crippen molar-refractivity contribution >= 4 is 29.3 Å². The number of methoxy groups -OCH3 is 1. The van der Waals surface area contributed by atoms with E-state index in [0.717, 1.165) is 37.7 Å². The molecule has 1 aliphatic carbocycles. The molecule has 1 unspecified atom stereocenters. The molecule has 0 bridgehead atoms. The van der Waals surface area contributed by atoms with Crippen molar-refractivity contribution in [1.29, 1.82) is 0 Å². The second-order valence-electron chi connectivity index (χ2n) is 8.51. The maximum absolute atomic E-state index is 14.1. The molecule has 3 aromatic rings. The Bertz CT molecular complexity index is 1130. The highest BCUT2D eigenvalue weighted by Crippen LogP contribution is 2.29. The normalized spacial score (nSPS) is 14.7. The third-order valence-electron chi connectivity index (χ3n) is 6.07. The van der Waals surface area contributed by atoms with Gasteiger partial charge in [0, 0.05) is 12.4 Å². The van der Waals surface area contributed by atoms with Crippen molar-refractivity contribution in [2.75, 3.05) is 12.0 Å². The van der Waals surface area contributed by atoms with Crippen molar-refractivity contribution in [3.05, 3.63) is 83.3 Å². The lowest BCUT2D eigenvalue weighted by Crippen LogP contribution is -2.40. The second-order valence-corrected chi connectivity index (χ2v) is 8.90. The highest BCUT2D eigenvalue weighted by molar-refractivity contribution is 6.29. The number of hydrogen-bond acceptors (Lipinski definition) is 6. The van der Waals surface area contributed by atoms with E-state index in [1.165, 1.54) is 4.90 Å². The van der Waals surface area contributed by atoms with Gasteiger partial charge in [-0.3, -0.25) is 14.5 Å². The van der Waals surface area contributed by atoms with Gasteiger partial charge in [-0.25, -0.2) is 9.97 Å². The lowest BCUT2D eigenvalue weighted by Gasteiger charge is -2.28. The van der Waals surface area contributed by atoms with E-state index in [-0.39, 0.29) is 12.6 Å². The van der Waals surface area contributed by atoms with Gasteiger partial charge in [0.25, 0.3) is 0 Å². The van der Waals surface area contributed by atoms with Gasteiger partial charge in [-0.1, -0.05) is 42.3 Å². The predicted molar refractivity (Wildman–Crippen MR) is 133 cm³/mol. The fourth-order valence-electron chi connectivity index (χ4n) is 4.24. The van der Waals surface area contributed by atoms with Crippen LogP contribution in [0.3, 0.4) is 0 Å². The number of hydrogen-bond donors (Lipinski definition) is 0. The molecule has 1 fully saturated rings. The Morgan fingerprint density at radius 1 is 1.06 bits per heavy atom. The number of anilines is 1. The summed E-state index contributed by atoms with van der Waals surface area (Å²) in [5.74, 6) is -1.20. The first kappa shape index (κ1) is 24.7. The first-order valence-corrected chi connectivity index (χ1v) is 12.1. The third kappa shape index (κ3) is 6.36. The Morgan fingerprint density at radius 2 is 1.89 bits per heavy atom. The van der Waals surface area contributed by atoms with Crippen molar-refractivity contribution in [3.8, 4) is 5.75 Å². The van der Waals surface area contributed by atoms with Gasteiger partial charge in [-0.15, -0.1) is 0 Å². The molecule has 4 rings (SSSR count). The van der Waals surface area contributed by atoms with Crippen LogP contribution in [0.1, 0.15) is 49.1 Å². The molecule has 1 saturated carbocycles. The molecule has 1 aromatic carbocycles. The van der Waals surface area contributed by atoms with Crippen LogP contribution in [0.2, 0.25) is 5.15 Å². The quantitative estimate of drug-likeness (QED) is 0.239. The van der Waals surface area contributed by atoms with Crippen molar-refractivity contribution in [2.24, 2.45) is 0 Å². The van der Waals surface area contributed by atoms with E-state index in [9.17, 15) is 9.59 Å². The highest BCUT2D eigenvalue weighted by atomic mass is 35.5. The van der Waals surface area contributed by atoms with Crippen LogP contribution in [-0.4, -0.2) is 35.1 Å². The maximum atomic E-state index is 14.1. The number of benzene rings is 1. The molecule has 0 saturated heterocycles. The van der Waals surface area contributed by atoms with Crippen LogP contribution in [-0.2, 0) is 20.9 Å². The summed E-state index contributed by atoms with van der Waals surface area (Å²) in [6.07, 6.45) is 7.81. The minimum Gasteiger partial charge on any atom is -0.497 e.